The largest absolute Gasteiger partial charge is 0.465 e. The number of unbranched alkanes of at least 4 members (excludes halogenated alkanes) is 11. The maximum absolute atomic E-state index is 13.5. The molecule has 0 amide bonds. The second kappa shape index (κ2) is 15.2. The first-order valence-electron chi connectivity index (χ1n) is 14.5. The molecule has 0 unspecified atom stereocenters. The van der Waals surface area contributed by atoms with Crippen LogP contribution in [-0.4, -0.2) is 26.3 Å². The van der Waals surface area contributed by atoms with Gasteiger partial charge in [-0.05, 0) is 34.6 Å². The monoisotopic (exact) mass is 492 g/mol. The maximum Gasteiger partial charge on any atom is 0.323 e. The number of rotatable bonds is 18. The fraction of sp³-hybridized carbons (Fsp3) is 0.606. The Morgan fingerprint density at radius 2 is 1.14 bits per heavy atom. The first kappa shape index (κ1) is 28.4. The second-order valence-corrected chi connectivity index (χ2v) is 11.0. The molecule has 0 radical (unpaired) electrons. The minimum Gasteiger partial charge on any atom is -0.465 e. The molecule has 0 atom stereocenters. The third kappa shape index (κ3) is 7.44. The van der Waals surface area contributed by atoms with Crippen LogP contribution in [0.4, 0.5) is 0 Å². The van der Waals surface area contributed by atoms with Gasteiger partial charge in [0.2, 0.25) is 0 Å². The van der Waals surface area contributed by atoms with Crippen LogP contribution in [-0.2, 0) is 19.7 Å². The van der Waals surface area contributed by atoms with Crippen molar-refractivity contribution in [3.63, 3.8) is 0 Å². The predicted molar refractivity (Wildman–Crippen MR) is 150 cm³/mol. The van der Waals surface area contributed by atoms with Crippen LogP contribution < -0.4 is 0 Å². The van der Waals surface area contributed by atoms with Crippen molar-refractivity contribution in [2.75, 3.05) is 20.3 Å². The van der Waals surface area contributed by atoms with E-state index in [2.05, 4.69) is 26.0 Å². The fourth-order valence-corrected chi connectivity index (χ4v) is 5.69. The van der Waals surface area contributed by atoms with Crippen LogP contribution in [0.15, 0.2) is 48.5 Å². The van der Waals surface area contributed by atoms with Crippen molar-refractivity contribution in [3.8, 4) is 11.1 Å². The zero-order valence-corrected chi connectivity index (χ0v) is 23.0. The van der Waals surface area contributed by atoms with Crippen LogP contribution in [0.3, 0.4) is 0 Å². The van der Waals surface area contributed by atoms with Gasteiger partial charge in [0.1, 0.15) is 5.41 Å². The van der Waals surface area contributed by atoms with Gasteiger partial charge in [0, 0.05) is 7.11 Å². The van der Waals surface area contributed by atoms with E-state index in [1.54, 1.807) is 7.11 Å². The Morgan fingerprint density at radius 1 is 0.694 bits per heavy atom. The summed E-state index contributed by atoms with van der Waals surface area (Å²) in [5, 5.41) is 0. The highest BCUT2D eigenvalue weighted by Gasteiger charge is 2.50. The molecular formula is C33H48O3. The van der Waals surface area contributed by atoms with Crippen LogP contribution >= 0.6 is 0 Å². The molecule has 0 spiro atoms. The molecule has 3 heteroatoms. The summed E-state index contributed by atoms with van der Waals surface area (Å²) >= 11 is 0. The number of methoxy groups -OCH3 is 1. The Morgan fingerprint density at radius 3 is 1.61 bits per heavy atom. The molecule has 0 fully saturated rings. The number of ether oxygens (including phenoxy) is 2. The summed E-state index contributed by atoms with van der Waals surface area (Å²) in [6, 6.07) is 16.3. The number of fused-ring (bicyclic) bond motifs is 3. The summed E-state index contributed by atoms with van der Waals surface area (Å²) < 4.78 is 11.5. The number of carbonyl (C=O) groups is 1. The maximum atomic E-state index is 13.5. The summed E-state index contributed by atoms with van der Waals surface area (Å²) in [4.78, 5) is 13.5. The van der Waals surface area contributed by atoms with Gasteiger partial charge in [0.15, 0.2) is 0 Å². The van der Waals surface area contributed by atoms with Gasteiger partial charge in [0.05, 0.1) is 13.2 Å². The highest BCUT2D eigenvalue weighted by atomic mass is 16.5. The van der Waals surface area contributed by atoms with Gasteiger partial charge in [0.25, 0.3) is 0 Å². The fourth-order valence-electron chi connectivity index (χ4n) is 5.69. The van der Waals surface area contributed by atoms with Gasteiger partial charge in [-0.1, -0.05) is 139 Å². The molecule has 1 aliphatic carbocycles. The van der Waals surface area contributed by atoms with E-state index in [1.165, 1.54) is 70.6 Å². The summed E-state index contributed by atoms with van der Waals surface area (Å²) in [5.41, 5.74) is 3.32. The van der Waals surface area contributed by atoms with E-state index in [0.717, 1.165) is 41.0 Å². The van der Waals surface area contributed by atoms with E-state index < -0.39 is 5.41 Å². The first-order chi connectivity index (χ1) is 17.6. The van der Waals surface area contributed by atoms with Crippen molar-refractivity contribution in [1.82, 2.24) is 0 Å². The second-order valence-electron chi connectivity index (χ2n) is 11.0. The summed E-state index contributed by atoms with van der Waals surface area (Å²) in [6.45, 7) is 5.40. The molecule has 2 aromatic carbocycles. The lowest BCUT2D eigenvalue weighted by atomic mass is 9.79. The number of benzene rings is 2. The van der Waals surface area contributed by atoms with E-state index in [4.69, 9.17) is 9.47 Å². The van der Waals surface area contributed by atoms with Crippen molar-refractivity contribution >= 4 is 5.97 Å². The molecule has 1 aliphatic rings. The Labute approximate surface area is 220 Å². The van der Waals surface area contributed by atoms with Gasteiger partial charge in [-0.3, -0.25) is 4.79 Å². The van der Waals surface area contributed by atoms with Crippen LogP contribution in [0.2, 0.25) is 0 Å². The van der Waals surface area contributed by atoms with Crippen molar-refractivity contribution in [2.45, 2.75) is 103 Å². The van der Waals surface area contributed by atoms with Gasteiger partial charge in [-0.15, -0.1) is 0 Å². The minimum absolute atomic E-state index is 0.189. The molecule has 0 aliphatic heterocycles. The zero-order chi connectivity index (χ0) is 25.6. The molecule has 0 bridgehead atoms. The lowest BCUT2D eigenvalue weighted by Crippen LogP contribution is -2.41. The standard InChI is InChI=1S/C33H48O3/c1-27(2)20-14-12-10-8-6-4-5-7-9-11-13-19-25-36-32(34)33(26-35-3)30-23-17-15-21-28(30)29-22-16-18-24-31(29)33/h15-18,21-24,27H,4-14,19-20,25-26H2,1-3H3. The van der Waals surface area contributed by atoms with Crippen LogP contribution in [0.5, 0.6) is 0 Å². The van der Waals surface area contributed by atoms with Crippen molar-refractivity contribution in [1.29, 1.82) is 0 Å². The molecule has 3 rings (SSSR count). The molecule has 36 heavy (non-hydrogen) atoms. The summed E-state index contributed by atoms with van der Waals surface area (Å²) in [5.74, 6) is 0.664. The smallest absolute Gasteiger partial charge is 0.323 e. The Balaban J connectivity index is 1.33. The first-order valence-corrected chi connectivity index (χ1v) is 14.5. The number of hydrogen-bond donors (Lipinski definition) is 0. The SMILES string of the molecule is COCC1(C(=O)OCCCCCCCCCCCCCCC(C)C)c2ccccc2-c2ccccc21. The van der Waals surface area contributed by atoms with E-state index in [0.29, 0.717) is 6.61 Å². The van der Waals surface area contributed by atoms with Gasteiger partial charge in [-0.2, -0.15) is 0 Å². The molecule has 0 saturated heterocycles. The summed E-state index contributed by atoms with van der Waals surface area (Å²) in [7, 11) is 1.66. The Bertz CT molecular complexity index is 871. The lowest BCUT2D eigenvalue weighted by Gasteiger charge is -2.29. The topological polar surface area (TPSA) is 35.5 Å². The van der Waals surface area contributed by atoms with Crippen molar-refractivity contribution in [3.05, 3.63) is 59.7 Å². The predicted octanol–water partition coefficient (Wildman–Crippen LogP) is 8.87. The average Bonchev–Trinajstić information content (AvgIpc) is 3.17. The molecule has 198 valence electrons. The number of carbonyl (C=O) groups excluding carboxylic acids is 1. The Kier molecular flexibility index (Phi) is 12.0. The molecule has 2 aromatic rings. The molecule has 3 nitrogen and oxygen atoms in total. The zero-order valence-electron chi connectivity index (χ0n) is 23.0. The molecule has 0 saturated carbocycles. The lowest BCUT2D eigenvalue weighted by molar-refractivity contribution is -0.151. The highest BCUT2D eigenvalue weighted by Crippen LogP contribution is 2.49. The molecule has 0 N–H and O–H groups in total. The van der Waals surface area contributed by atoms with Gasteiger partial charge < -0.3 is 9.47 Å². The third-order valence-corrected chi connectivity index (χ3v) is 7.68. The van der Waals surface area contributed by atoms with Crippen LogP contribution in [0.1, 0.15) is 108 Å². The van der Waals surface area contributed by atoms with Crippen molar-refractivity contribution < 1.29 is 14.3 Å². The normalized spacial score (nSPS) is 13.6. The van der Waals surface area contributed by atoms with Crippen LogP contribution in [0, 0.1) is 5.92 Å². The number of hydrogen-bond acceptors (Lipinski definition) is 3. The van der Waals surface area contributed by atoms with E-state index in [9.17, 15) is 4.79 Å². The van der Waals surface area contributed by atoms with E-state index in [-0.39, 0.29) is 12.6 Å². The quantitative estimate of drug-likeness (QED) is 0.154. The Hall–Kier alpha value is -2.13. The third-order valence-electron chi connectivity index (χ3n) is 7.68. The van der Waals surface area contributed by atoms with Crippen LogP contribution in [0.25, 0.3) is 11.1 Å². The molecule has 0 heterocycles. The van der Waals surface area contributed by atoms with E-state index >= 15 is 0 Å². The average molecular weight is 493 g/mol. The van der Waals surface area contributed by atoms with Gasteiger partial charge in [-0.25, -0.2) is 0 Å². The molecule has 0 aromatic heterocycles. The number of esters is 1. The molecular weight excluding hydrogens is 444 g/mol. The highest BCUT2D eigenvalue weighted by molar-refractivity contribution is 5.98. The minimum atomic E-state index is -0.879. The van der Waals surface area contributed by atoms with Crippen molar-refractivity contribution in [2.24, 2.45) is 5.92 Å². The van der Waals surface area contributed by atoms with Gasteiger partial charge >= 0.3 is 5.97 Å². The van der Waals surface area contributed by atoms with E-state index in [1.807, 2.05) is 36.4 Å². The summed E-state index contributed by atoms with van der Waals surface area (Å²) in [6.07, 6.45) is 17.0.